The maximum absolute atomic E-state index is 12.2. The molecule has 3 N–H and O–H groups in total. The smallest absolute Gasteiger partial charge is 0.306 e. The summed E-state index contributed by atoms with van der Waals surface area (Å²) in [4.78, 5) is 12.2. The summed E-state index contributed by atoms with van der Waals surface area (Å²) in [7, 11) is 0. The number of aliphatic carboxylic acids is 1. The molecular formula is C30H48O4. The largest absolute Gasteiger partial charge is 0.481 e. The lowest BCUT2D eigenvalue weighted by atomic mass is 9.34. The fourth-order valence-corrected chi connectivity index (χ4v) is 11.0. The standard InChI is InChI=1S/C30H48O4/c1-16-14-19(26(33)34)18-10-12-29(6)20(24(18)17(16)2)8-9-23-28(5)15-21(31)25(32)27(3,4)22(28)11-13-30(23,29)7/h8,16-19,21-25,31-32H,9-15H2,1-7H3,(H,33,34)/t16-,17+,18?,19-,21-,22?,23?,24?,25+,28?,29?,30?/m1/s1. The number of hydrogen-bond donors (Lipinski definition) is 3. The van der Waals surface area contributed by atoms with Crippen molar-refractivity contribution in [1.29, 1.82) is 0 Å². The molecule has 12 atom stereocenters. The molecular weight excluding hydrogens is 424 g/mol. The van der Waals surface area contributed by atoms with Crippen LogP contribution in [0.15, 0.2) is 11.6 Å². The van der Waals surface area contributed by atoms with Gasteiger partial charge in [-0.2, -0.15) is 0 Å². The van der Waals surface area contributed by atoms with Crippen LogP contribution in [0.5, 0.6) is 0 Å². The average Bonchev–Trinajstić information content (AvgIpc) is 2.74. The van der Waals surface area contributed by atoms with Crippen LogP contribution >= 0.6 is 0 Å². The molecule has 4 heteroatoms. The van der Waals surface area contributed by atoms with Gasteiger partial charge in [0.25, 0.3) is 0 Å². The van der Waals surface area contributed by atoms with Crippen LogP contribution in [0.3, 0.4) is 0 Å². The van der Waals surface area contributed by atoms with E-state index < -0.39 is 18.2 Å². The van der Waals surface area contributed by atoms with Gasteiger partial charge in [-0.05, 0) is 102 Å². The molecule has 0 spiro atoms. The molecule has 7 unspecified atom stereocenters. The Labute approximate surface area is 206 Å². The Hall–Kier alpha value is -0.870. The van der Waals surface area contributed by atoms with Gasteiger partial charge in [-0.25, -0.2) is 0 Å². The predicted molar refractivity (Wildman–Crippen MR) is 134 cm³/mol. The molecule has 5 aliphatic carbocycles. The van der Waals surface area contributed by atoms with Gasteiger partial charge >= 0.3 is 5.97 Å². The maximum Gasteiger partial charge on any atom is 0.306 e. The first-order valence-corrected chi connectivity index (χ1v) is 14.0. The summed E-state index contributed by atoms with van der Waals surface area (Å²) in [5.74, 6) is 1.65. The zero-order valence-corrected chi connectivity index (χ0v) is 22.5. The molecule has 0 heterocycles. The Kier molecular flexibility index (Phi) is 5.52. The number of allylic oxidation sites excluding steroid dienone is 2. The highest BCUT2D eigenvalue weighted by molar-refractivity contribution is 5.71. The summed E-state index contributed by atoms with van der Waals surface area (Å²) < 4.78 is 0. The second-order valence-corrected chi connectivity index (χ2v) is 14.6. The van der Waals surface area contributed by atoms with Crippen molar-refractivity contribution in [2.24, 2.45) is 63.1 Å². The third kappa shape index (κ3) is 2.93. The summed E-state index contributed by atoms with van der Waals surface area (Å²) >= 11 is 0. The van der Waals surface area contributed by atoms with Gasteiger partial charge in [-0.15, -0.1) is 0 Å². The third-order valence-corrected chi connectivity index (χ3v) is 13.2. The number of rotatable bonds is 1. The van der Waals surface area contributed by atoms with Crippen molar-refractivity contribution in [2.75, 3.05) is 0 Å². The van der Waals surface area contributed by atoms with E-state index >= 15 is 0 Å². The minimum atomic E-state index is -0.664. The summed E-state index contributed by atoms with van der Waals surface area (Å²) in [5.41, 5.74) is 1.48. The molecule has 4 fully saturated rings. The Balaban J connectivity index is 1.58. The molecule has 0 bridgehead atoms. The number of carboxylic acids is 1. The van der Waals surface area contributed by atoms with Crippen LogP contribution in [-0.2, 0) is 4.79 Å². The highest BCUT2D eigenvalue weighted by Crippen LogP contribution is 2.74. The molecule has 5 rings (SSSR count). The van der Waals surface area contributed by atoms with E-state index in [0.717, 1.165) is 38.5 Å². The van der Waals surface area contributed by atoms with E-state index in [2.05, 4.69) is 54.5 Å². The van der Waals surface area contributed by atoms with Gasteiger partial charge in [0.15, 0.2) is 0 Å². The highest BCUT2D eigenvalue weighted by Gasteiger charge is 2.68. The molecule has 4 nitrogen and oxygen atoms in total. The summed E-state index contributed by atoms with van der Waals surface area (Å²) in [6.07, 6.45) is 8.09. The molecule has 0 amide bonds. The number of carboxylic acid groups (broad SMARTS) is 1. The fourth-order valence-electron chi connectivity index (χ4n) is 11.0. The molecule has 0 aromatic carbocycles. The van der Waals surface area contributed by atoms with Crippen molar-refractivity contribution in [3.05, 3.63) is 11.6 Å². The molecule has 4 saturated carbocycles. The molecule has 0 radical (unpaired) electrons. The van der Waals surface area contributed by atoms with Crippen LogP contribution in [-0.4, -0.2) is 33.5 Å². The van der Waals surface area contributed by atoms with Crippen molar-refractivity contribution < 1.29 is 20.1 Å². The minimum absolute atomic E-state index is 0.00783. The second kappa shape index (κ2) is 7.57. The zero-order valence-electron chi connectivity index (χ0n) is 22.5. The summed E-state index contributed by atoms with van der Waals surface area (Å²) in [6.45, 7) is 16.4. The Morgan fingerprint density at radius 3 is 2.32 bits per heavy atom. The Bertz CT molecular complexity index is 892. The van der Waals surface area contributed by atoms with E-state index in [1.807, 2.05) is 0 Å². The van der Waals surface area contributed by atoms with Crippen molar-refractivity contribution in [2.45, 2.75) is 106 Å². The fraction of sp³-hybridized carbons (Fsp3) is 0.900. The van der Waals surface area contributed by atoms with Crippen LogP contribution in [0.25, 0.3) is 0 Å². The minimum Gasteiger partial charge on any atom is -0.481 e. The van der Waals surface area contributed by atoms with E-state index in [-0.39, 0.29) is 33.5 Å². The molecule has 0 saturated heterocycles. The number of fused-ring (bicyclic) bond motifs is 7. The van der Waals surface area contributed by atoms with E-state index in [1.165, 1.54) is 0 Å². The third-order valence-electron chi connectivity index (χ3n) is 13.2. The topological polar surface area (TPSA) is 77.8 Å². The van der Waals surface area contributed by atoms with Crippen molar-refractivity contribution >= 4 is 5.97 Å². The molecule has 192 valence electrons. The first-order valence-electron chi connectivity index (χ1n) is 14.0. The number of hydrogen-bond acceptors (Lipinski definition) is 3. The molecule has 5 aliphatic rings. The Morgan fingerprint density at radius 1 is 1.00 bits per heavy atom. The second-order valence-electron chi connectivity index (χ2n) is 14.6. The molecule has 0 aliphatic heterocycles. The van der Waals surface area contributed by atoms with Crippen LogP contribution in [0.2, 0.25) is 0 Å². The quantitative estimate of drug-likeness (QED) is 0.414. The van der Waals surface area contributed by atoms with Crippen LogP contribution in [0, 0.1) is 63.1 Å². The van der Waals surface area contributed by atoms with E-state index in [4.69, 9.17) is 0 Å². The lowest BCUT2D eigenvalue weighted by Gasteiger charge is -2.71. The summed E-state index contributed by atoms with van der Waals surface area (Å²) in [5, 5.41) is 31.9. The highest BCUT2D eigenvalue weighted by atomic mass is 16.4. The number of aliphatic hydroxyl groups excluding tert-OH is 2. The van der Waals surface area contributed by atoms with Gasteiger partial charge in [-0.1, -0.05) is 60.1 Å². The SMILES string of the molecule is C[C@@H]1C[C@@H](C(=O)O)C2CCC3(C)C(=CCC4C5(C)C[C@@H](O)[C@H](O)C(C)(C)C5CCC43C)C2[C@H]1C. The van der Waals surface area contributed by atoms with Gasteiger partial charge in [-0.3, -0.25) is 4.79 Å². The van der Waals surface area contributed by atoms with Crippen molar-refractivity contribution in [1.82, 2.24) is 0 Å². The normalized spacial score (nSPS) is 56.3. The zero-order chi connectivity index (χ0) is 25.0. The molecule has 0 aromatic heterocycles. The van der Waals surface area contributed by atoms with Crippen LogP contribution in [0.4, 0.5) is 0 Å². The van der Waals surface area contributed by atoms with Gasteiger partial charge in [0.2, 0.25) is 0 Å². The van der Waals surface area contributed by atoms with E-state index in [1.54, 1.807) is 5.57 Å². The predicted octanol–water partition coefficient (Wildman–Crippen LogP) is 5.92. The van der Waals surface area contributed by atoms with Crippen molar-refractivity contribution in [3.8, 4) is 0 Å². The molecule has 34 heavy (non-hydrogen) atoms. The average molecular weight is 473 g/mol. The van der Waals surface area contributed by atoms with Crippen LogP contribution < -0.4 is 0 Å². The summed E-state index contributed by atoms with van der Waals surface area (Å²) in [6, 6.07) is 0. The van der Waals surface area contributed by atoms with Gasteiger partial charge in [0.1, 0.15) is 0 Å². The lowest BCUT2D eigenvalue weighted by Crippen LogP contribution is -2.66. The maximum atomic E-state index is 12.2. The first kappa shape index (κ1) is 24.8. The van der Waals surface area contributed by atoms with E-state index in [0.29, 0.717) is 36.0 Å². The Morgan fingerprint density at radius 2 is 1.68 bits per heavy atom. The lowest BCUT2D eigenvalue weighted by molar-refractivity contribution is -0.230. The van der Waals surface area contributed by atoms with Crippen LogP contribution in [0.1, 0.15) is 93.4 Å². The van der Waals surface area contributed by atoms with Gasteiger partial charge in [0.05, 0.1) is 18.1 Å². The van der Waals surface area contributed by atoms with Gasteiger partial charge < -0.3 is 15.3 Å². The van der Waals surface area contributed by atoms with Gasteiger partial charge in [0, 0.05) is 0 Å². The monoisotopic (exact) mass is 472 g/mol. The number of aliphatic hydroxyl groups is 2. The van der Waals surface area contributed by atoms with E-state index in [9.17, 15) is 20.1 Å². The first-order chi connectivity index (χ1) is 15.7. The molecule has 0 aromatic rings. The van der Waals surface area contributed by atoms with Crippen molar-refractivity contribution in [3.63, 3.8) is 0 Å². The number of carbonyl (C=O) groups is 1.